The average Bonchev–Trinajstić information content (AvgIpc) is 2.98. The Morgan fingerprint density at radius 3 is 2.95 bits per heavy atom. The van der Waals surface area contributed by atoms with Gasteiger partial charge >= 0.3 is 0 Å². The van der Waals surface area contributed by atoms with Crippen LogP contribution < -0.4 is 10.3 Å². The molecule has 0 fully saturated rings. The molecule has 0 spiro atoms. The lowest BCUT2D eigenvalue weighted by atomic mass is 10.2. The van der Waals surface area contributed by atoms with Crippen LogP contribution in [0.15, 0.2) is 44.1 Å². The van der Waals surface area contributed by atoms with Crippen molar-refractivity contribution < 1.29 is 4.74 Å². The van der Waals surface area contributed by atoms with Gasteiger partial charge in [-0.2, -0.15) is 0 Å². The van der Waals surface area contributed by atoms with E-state index in [9.17, 15) is 4.79 Å². The molecule has 0 saturated carbocycles. The molecule has 0 aliphatic heterocycles. The number of hydrogen-bond acceptors (Lipinski definition) is 5. The monoisotopic (exact) mass is 396 g/mol. The Hall–Kier alpha value is -1.31. The van der Waals surface area contributed by atoms with Gasteiger partial charge in [-0.1, -0.05) is 17.8 Å². The summed E-state index contributed by atoms with van der Waals surface area (Å²) in [6.45, 7) is 0. The van der Waals surface area contributed by atoms with Crippen molar-refractivity contribution in [2.45, 2.75) is 10.9 Å². The number of methoxy groups -OCH3 is 1. The Balaban J connectivity index is 1.86. The maximum absolute atomic E-state index is 12.3. The molecule has 0 unspecified atom stereocenters. The van der Waals surface area contributed by atoms with Crippen LogP contribution in [0, 0.1) is 0 Å². The zero-order valence-corrected chi connectivity index (χ0v) is 15.2. The molecular weight excluding hydrogens is 384 g/mol. The Morgan fingerprint density at radius 2 is 2.23 bits per heavy atom. The van der Waals surface area contributed by atoms with E-state index in [1.54, 1.807) is 30.5 Å². The summed E-state index contributed by atoms with van der Waals surface area (Å²) in [4.78, 5) is 16.8. The number of benzene rings is 1. The van der Waals surface area contributed by atoms with Gasteiger partial charge in [0.25, 0.3) is 5.56 Å². The van der Waals surface area contributed by atoms with Gasteiger partial charge in [0.2, 0.25) is 0 Å². The Labute approximate surface area is 144 Å². The molecule has 4 nitrogen and oxygen atoms in total. The standard InChI is InChI=1S/C15H13BrN2O2S2/c1-18-14(19)13-11(5-6-21-13)17-15(18)22-8-9-3-4-12(20-2)10(16)7-9/h3-7H,8H2,1-2H3. The maximum atomic E-state index is 12.3. The number of hydrogen-bond donors (Lipinski definition) is 0. The van der Waals surface area contributed by atoms with Gasteiger partial charge in [-0.05, 0) is 45.1 Å². The molecule has 0 saturated heterocycles. The number of aromatic nitrogens is 2. The topological polar surface area (TPSA) is 44.1 Å². The van der Waals surface area contributed by atoms with Gasteiger partial charge in [0.05, 0.1) is 17.1 Å². The molecule has 0 atom stereocenters. The number of ether oxygens (including phenoxy) is 1. The van der Waals surface area contributed by atoms with Gasteiger partial charge < -0.3 is 4.74 Å². The summed E-state index contributed by atoms with van der Waals surface area (Å²) in [5, 5.41) is 2.62. The first-order chi connectivity index (χ1) is 10.6. The Morgan fingerprint density at radius 1 is 1.41 bits per heavy atom. The van der Waals surface area contributed by atoms with E-state index in [-0.39, 0.29) is 5.56 Å². The van der Waals surface area contributed by atoms with Gasteiger partial charge in [-0.25, -0.2) is 4.98 Å². The van der Waals surface area contributed by atoms with Crippen molar-refractivity contribution in [1.82, 2.24) is 9.55 Å². The average molecular weight is 397 g/mol. The van der Waals surface area contributed by atoms with Crippen LogP contribution in [0.25, 0.3) is 10.2 Å². The summed E-state index contributed by atoms with van der Waals surface area (Å²) < 4.78 is 8.47. The number of halogens is 1. The highest BCUT2D eigenvalue weighted by Crippen LogP contribution is 2.29. The van der Waals surface area contributed by atoms with Crippen LogP contribution in [0.5, 0.6) is 5.75 Å². The molecule has 3 rings (SSSR count). The summed E-state index contributed by atoms with van der Waals surface area (Å²) in [5.41, 5.74) is 1.92. The first-order valence-electron chi connectivity index (χ1n) is 6.49. The molecule has 0 bridgehead atoms. The molecule has 2 heterocycles. The van der Waals surface area contributed by atoms with Crippen molar-refractivity contribution in [1.29, 1.82) is 0 Å². The minimum atomic E-state index is 0.0124. The zero-order chi connectivity index (χ0) is 15.7. The predicted molar refractivity (Wildman–Crippen MR) is 95.1 cm³/mol. The van der Waals surface area contributed by atoms with Gasteiger partial charge in [0.15, 0.2) is 5.16 Å². The van der Waals surface area contributed by atoms with Gasteiger partial charge in [0, 0.05) is 12.8 Å². The van der Waals surface area contributed by atoms with Gasteiger partial charge in [-0.15, -0.1) is 11.3 Å². The second-order valence-electron chi connectivity index (χ2n) is 4.65. The van der Waals surface area contributed by atoms with Crippen molar-refractivity contribution in [2.75, 3.05) is 7.11 Å². The number of nitrogens with zero attached hydrogens (tertiary/aromatic N) is 2. The third-order valence-corrected chi connectivity index (χ3v) is 5.84. The first-order valence-corrected chi connectivity index (χ1v) is 9.15. The van der Waals surface area contributed by atoms with E-state index in [0.29, 0.717) is 4.70 Å². The molecule has 7 heteroatoms. The van der Waals surface area contributed by atoms with Crippen LogP contribution in [-0.4, -0.2) is 16.7 Å². The molecule has 0 aliphatic carbocycles. The fraction of sp³-hybridized carbons (Fsp3) is 0.200. The largest absolute Gasteiger partial charge is 0.496 e. The van der Waals surface area contributed by atoms with E-state index >= 15 is 0 Å². The zero-order valence-electron chi connectivity index (χ0n) is 12.0. The SMILES string of the molecule is COc1ccc(CSc2nc3ccsc3c(=O)n2C)cc1Br. The summed E-state index contributed by atoms with van der Waals surface area (Å²) in [5.74, 6) is 1.54. The summed E-state index contributed by atoms with van der Waals surface area (Å²) in [7, 11) is 3.41. The number of fused-ring (bicyclic) bond motifs is 1. The van der Waals surface area contributed by atoms with Crippen LogP contribution >= 0.6 is 39.0 Å². The van der Waals surface area contributed by atoms with Crippen molar-refractivity contribution in [2.24, 2.45) is 7.05 Å². The summed E-state index contributed by atoms with van der Waals surface area (Å²) >= 11 is 6.46. The smallest absolute Gasteiger partial charge is 0.271 e. The second kappa shape index (κ2) is 6.44. The molecule has 3 aromatic rings. The quantitative estimate of drug-likeness (QED) is 0.492. The molecule has 1 aromatic carbocycles. The summed E-state index contributed by atoms with van der Waals surface area (Å²) in [6.07, 6.45) is 0. The van der Waals surface area contributed by atoms with Gasteiger partial charge in [-0.3, -0.25) is 9.36 Å². The van der Waals surface area contributed by atoms with Crippen LogP contribution in [-0.2, 0) is 12.8 Å². The van der Waals surface area contributed by atoms with Crippen molar-refractivity contribution in [3.05, 3.63) is 50.0 Å². The molecule has 0 N–H and O–H groups in total. The minimum Gasteiger partial charge on any atom is -0.496 e. The predicted octanol–water partition coefficient (Wildman–Crippen LogP) is 4.06. The molecule has 0 radical (unpaired) electrons. The van der Waals surface area contributed by atoms with E-state index in [2.05, 4.69) is 20.9 Å². The fourth-order valence-corrected chi connectivity index (χ4v) is 4.35. The number of thioether (sulfide) groups is 1. The molecule has 0 aliphatic rings. The van der Waals surface area contributed by atoms with E-state index in [0.717, 1.165) is 32.2 Å². The van der Waals surface area contributed by atoms with Crippen molar-refractivity contribution >= 4 is 49.2 Å². The molecule has 0 amide bonds. The second-order valence-corrected chi connectivity index (χ2v) is 7.36. The first kappa shape index (κ1) is 15.6. The fourth-order valence-electron chi connectivity index (χ4n) is 2.04. The lowest BCUT2D eigenvalue weighted by Gasteiger charge is -2.08. The van der Waals surface area contributed by atoms with E-state index in [4.69, 9.17) is 4.74 Å². The minimum absolute atomic E-state index is 0.0124. The maximum Gasteiger partial charge on any atom is 0.271 e. The number of rotatable bonds is 4. The molecular formula is C15H13BrN2O2S2. The normalized spacial score (nSPS) is 11.0. The molecule has 2 aromatic heterocycles. The van der Waals surface area contributed by atoms with Crippen LogP contribution in [0.3, 0.4) is 0 Å². The Bertz CT molecular complexity index is 889. The van der Waals surface area contributed by atoms with Crippen LogP contribution in [0.2, 0.25) is 0 Å². The summed E-state index contributed by atoms with van der Waals surface area (Å²) in [6, 6.07) is 7.84. The molecule has 22 heavy (non-hydrogen) atoms. The number of thiophene rings is 1. The highest BCUT2D eigenvalue weighted by Gasteiger charge is 2.10. The lowest BCUT2D eigenvalue weighted by molar-refractivity contribution is 0.412. The van der Waals surface area contributed by atoms with Crippen molar-refractivity contribution in [3.8, 4) is 5.75 Å². The highest BCUT2D eigenvalue weighted by molar-refractivity contribution is 9.10. The van der Waals surface area contributed by atoms with E-state index in [1.165, 1.54) is 11.3 Å². The van der Waals surface area contributed by atoms with Crippen LogP contribution in [0.4, 0.5) is 0 Å². The van der Waals surface area contributed by atoms with E-state index < -0.39 is 0 Å². The van der Waals surface area contributed by atoms with Crippen LogP contribution in [0.1, 0.15) is 5.56 Å². The highest BCUT2D eigenvalue weighted by atomic mass is 79.9. The third-order valence-electron chi connectivity index (χ3n) is 3.23. The van der Waals surface area contributed by atoms with Gasteiger partial charge in [0.1, 0.15) is 10.4 Å². The Kier molecular flexibility index (Phi) is 4.56. The van der Waals surface area contributed by atoms with Crippen molar-refractivity contribution in [3.63, 3.8) is 0 Å². The third kappa shape index (κ3) is 2.93. The lowest BCUT2D eigenvalue weighted by Crippen LogP contribution is -2.18. The molecule has 114 valence electrons. The van der Waals surface area contributed by atoms with E-state index in [1.807, 2.05) is 29.6 Å².